The second-order valence-corrected chi connectivity index (χ2v) is 10.2. The number of aryl methyl sites for hydroxylation is 1. The van der Waals surface area contributed by atoms with Crippen LogP contribution in [-0.4, -0.2) is 84.7 Å². The highest BCUT2D eigenvalue weighted by Gasteiger charge is 2.46. The fourth-order valence-corrected chi connectivity index (χ4v) is 5.45. The van der Waals surface area contributed by atoms with E-state index in [0.29, 0.717) is 31.4 Å². The lowest BCUT2D eigenvalue weighted by molar-refractivity contribution is -0.148. The number of aliphatic hydroxyl groups is 1. The second kappa shape index (κ2) is 12.9. The molecule has 1 aliphatic carbocycles. The van der Waals surface area contributed by atoms with Crippen LogP contribution >= 0.6 is 0 Å². The Morgan fingerprint density at radius 3 is 2.53 bits per heavy atom. The van der Waals surface area contributed by atoms with Gasteiger partial charge in [0.25, 0.3) is 0 Å². The van der Waals surface area contributed by atoms with Gasteiger partial charge in [-0.3, -0.25) is 28.9 Å². The Morgan fingerprint density at radius 2 is 1.89 bits per heavy atom. The van der Waals surface area contributed by atoms with E-state index in [9.17, 15) is 29.1 Å². The molecule has 2 aliphatic rings. The first-order valence-corrected chi connectivity index (χ1v) is 13.0. The third-order valence-electron chi connectivity index (χ3n) is 7.68. The minimum atomic E-state index is -1.17. The van der Waals surface area contributed by atoms with E-state index < -0.39 is 47.0 Å². The van der Waals surface area contributed by atoms with Gasteiger partial charge in [-0.05, 0) is 43.7 Å². The second-order valence-electron chi connectivity index (χ2n) is 10.2. The van der Waals surface area contributed by atoms with Crippen LogP contribution in [0.4, 0.5) is 5.69 Å². The molecule has 0 spiro atoms. The fourth-order valence-electron chi connectivity index (χ4n) is 5.45. The van der Waals surface area contributed by atoms with Crippen molar-refractivity contribution in [3.8, 4) is 0 Å². The predicted molar refractivity (Wildman–Crippen MR) is 137 cm³/mol. The van der Waals surface area contributed by atoms with E-state index >= 15 is 0 Å². The molecule has 1 heterocycles. The van der Waals surface area contributed by atoms with E-state index in [1.807, 2.05) is 12.1 Å². The molecule has 1 aromatic rings. The zero-order chi connectivity index (χ0) is 27.9. The van der Waals surface area contributed by atoms with Gasteiger partial charge in [-0.1, -0.05) is 31.0 Å². The van der Waals surface area contributed by atoms with Crippen molar-refractivity contribution in [2.45, 2.75) is 57.4 Å². The number of likely N-dealkylation sites (N-methyl/N-ethyl adjacent to an activating group) is 1. The number of amides is 3. The fraction of sp³-hybridized carbons (Fsp3) is 0.593. The van der Waals surface area contributed by atoms with E-state index in [4.69, 9.17) is 9.84 Å². The molecule has 3 rings (SSSR count). The van der Waals surface area contributed by atoms with Crippen molar-refractivity contribution in [2.75, 3.05) is 38.8 Å². The predicted octanol–water partition coefficient (Wildman–Crippen LogP) is 1.12. The molecule has 38 heavy (non-hydrogen) atoms. The Bertz CT molecular complexity index is 1050. The monoisotopic (exact) mass is 531 g/mol. The van der Waals surface area contributed by atoms with E-state index in [2.05, 4.69) is 5.32 Å². The highest BCUT2D eigenvalue weighted by molar-refractivity contribution is 6.03. The summed E-state index contributed by atoms with van der Waals surface area (Å²) in [7, 11) is 2.73. The summed E-state index contributed by atoms with van der Waals surface area (Å²) >= 11 is 0. The number of esters is 1. The number of carboxylic acid groups (broad SMARTS) is 1. The van der Waals surface area contributed by atoms with E-state index in [1.165, 1.54) is 24.0 Å². The van der Waals surface area contributed by atoms with Gasteiger partial charge in [-0.25, -0.2) is 0 Å². The van der Waals surface area contributed by atoms with Gasteiger partial charge in [-0.15, -0.1) is 0 Å². The number of carbonyl (C=O) groups excluding carboxylic acids is 4. The quantitative estimate of drug-likeness (QED) is 0.359. The van der Waals surface area contributed by atoms with Gasteiger partial charge in [-0.2, -0.15) is 0 Å². The summed E-state index contributed by atoms with van der Waals surface area (Å²) in [5.41, 5.74) is 0.436. The number of carbonyl (C=O) groups is 5. The number of anilines is 1. The van der Waals surface area contributed by atoms with Crippen LogP contribution in [0.15, 0.2) is 24.3 Å². The van der Waals surface area contributed by atoms with Crippen LogP contribution < -0.4 is 10.2 Å². The number of hydrogen-bond donors (Lipinski definition) is 3. The zero-order valence-corrected chi connectivity index (χ0v) is 22.0. The molecule has 0 radical (unpaired) electrons. The van der Waals surface area contributed by atoms with Crippen molar-refractivity contribution in [1.29, 1.82) is 0 Å². The number of aliphatic carboxylic acids is 1. The number of rotatable bonds is 11. The summed E-state index contributed by atoms with van der Waals surface area (Å²) in [6.07, 6.45) is 2.88. The average Bonchev–Trinajstić information content (AvgIpc) is 3.34. The van der Waals surface area contributed by atoms with E-state index in [-0.39, 0.29) is 32.5 Å². The number of fused-ring (bicyclic) bond motifs is 1. The highest BCUT2D eigenvalue weighted by Crippen LogP contribution is 2.44. The number of nitrogens with zero attached hydrogens (tertiary/aromatic N) is 2. The van der Waals surface area contributed by atoms with Crippen LogP contribution in [-0.2, 0) is 35.1 Å². The largest absolute Gasteiger partial charge is 0.481 e. The maximum absolute atomic E-state index is 13.7. The molecule has 11 nitrogen and oxygen atoms in total. The summed E-state index contributed by atoms with van der Waals surface area (Å²) in [6, 6.07) is 6.34. The molecular weight excluding hydrogens is 494 g/mol. The summed E-state index contributed by atoms with van der Waals surface area (Å²) in [4.78, 5) is 66.6. The standard InChI is InChI=1S/C27H37N3O8/c1-29(13-14-31)22(32)15-19(25(35)36)16-27(11-5-6-12-27)26(37)28-20-10-9-18-7-3-4-8-21(18)30(24(20)34)17-23(33)38-2/h3-4,7-8,19-20,31H,5-6,9-17H2,1-2H3,(H,28,37)(H,35,36). The van der Waals surface area contributed by atoms with Crippen molar-refractivity contribution in [3.05, 3.63) is 29.8 Å². The van der Waals surface area contributed by atoms with E-state index in [0.717, 1.165) is 18.4 Å². The lowest BCUT2D eigenvalue weighted by Gasteiger charge is -2.33. The van der Waals surface area contributed by atoms with Gasteiger partial charge >= 0.3 is 11.9 Å². The van der Waals surface area contributed by atoms with Crippen LogP contribution in [0.2, 0.25) is 0 Å². The first kappa shape index (κ1) is 29.1. The molecule has 3 amide bonds. The maximum Gasteiger partial charge on any atom is 0.325 e. The molecule has 11 heteroatoms. The topological polar surface area (TPSA) is 154 Å². The summed E-state index contributed by atoms with van der Waals surface area (Å²) < 4.78 is 4.78. The van der Waals surface area contributed by atoms with Gasteiger partial charge in [0.2, 0.25) is 17.7 Å². The number of methoxy groups -OCH3 is 1. The number of aliphatic hydroxyl groups excluding tert-OH is 1. The van der Waals surface area contributed by atoms with Crippen molar-refractivity contribution < 1.29 is 38.9 Å². The molecule has 2 unspecified atom stereocenters. The van der Waals surface area contributed by atoms with Crippen molar-refractivity contribution in [2.24, 2.45) is 11.3 Å². The van der Waals surface area contributed by atoms with Crippen LogP contribution in [0.1, 0.15) is 50.5 Å². The number of para-hydroxylation sites is 1. The first-order chi connectivity index (χ1) is 18.1. The summed E-state index contributed by atoms with van der Waals surface area (Å²) in [6.45, 7) is -0.446. The molecule has 0 saturated heterocycles. The minimum Gasteiger partial charge on any atom is -0.481 e. The zero-order valence-electron chi connectivity index (χ0n) is 22.0. The SMILES string of the molecule is COC(=O)CN1C(=O)C(NC(=O)C2(CC(CC(=O)N(C)CCO)C(=O)O)CCCC2)CCc2ccccc21. The van der Waals surface area contributed by atoms with Gasteiger partial charge in [0, 0.05) is 25.7 Å². The molecule has 1 aliphatic heterocycles. The minimum absolute atomic E-state index is 0.0279. The lowest BCUT2D eigenvalue weighted by Crippen LogP contribution is -2.53. The summed E-state index contributed by atoms with van der Waals surface area (Å²) in [5, 5.41) is 21.8. The number of benzene rings is 1. The van der Waals surface area contributed by atoms with Crippen LogP contribution in [0.5, 0.6) is 0 Å². The van der Waals surface area contributed by atoms with Gasteiger partial charge < -0.3 is 25.2 Å². The molecule has 0 bridgehead atoms. The van der Waals surface area contributed by atoms with Gasteiger partial charge in [0.1, 0.15) is 12.6 Å². The average molecular weight is 532 g/mol. The Hall–Kier alpha value is -3.47. The third-order valence-corrected chi connectivity index (χ3v) is 7.68. The Balaban J connectivity index is 1.81. The first-order valence-electron chi connectivity index (χ1n) is 13.0. The van der Waals surface area contributed by atoms with E-state index in [1.54, 1.807) is 12.1 Å². The number of ether oxygens (including phenoxy) is 1. The summed E-state index contributed by atoms with van der Waals surface area (Å²) in [5.74, 6) is -4.10. The van der Waals surface area contributed by atoms with Crippen molar-refractivity contribution in [1.82, 2.24) is 10.2 Å². The molecule has 0 aromatic heterocycles. The molecular formula is C27H37N3O8. The highest BCUT2D eigenvalue weighted by atomic mass is 16.5. The normalized spacial score (nSPS) is 19.2. The maximum atomic E-state index is 13.7. The molecule has 1 fully saturated rings. The molecule has 1 saturated carbocycles. The third kappa shape index (κ3) is 6.69. The van der Waals surface area contributed by atoms with Crippen LogP contribution in [0.3, 0.4) is 0 Å². The Labute approximate surface area is 222 Å². The number of carboxylic acids is 1. The Kier molecular flexibility index (Phi) is 9.84. The van der Waals surface area contributed by atoms with Crippen molar-refractivity contribution >= 4 is 35.3 Å². The molecule has 3 N–H and O–H groups in total. The molecule has 1 aromatic carbocycles. The van der Waals surface area contributed by atoms with Gasteiger partial charge in [0.15, 0.2) is 0 Å². The molecule has 208 valence electrons. The van der Waals surface area contributed by atoms with Crippen molar-refractivity contribution in [3.63, 3.8) is 0 Å². The molecule has 2 atom stereocenters. The van der Waals surface area contributed by atoms with Gasteiger partial charge in [0.05, 0.1) is 25.0 Å². The van der Waals surface area contributed by atoms with Crippen LogP contribution in [0, 0.1) is 11.3 Å². The van der Waals surface area contributed by atoms with Crippen LogP contribution in [0.25, 0.3) is 0 Å². The Morgan fingerprint density at radius 1 is 1.21 bits per heavy atom. The smallest absolute Gasteiger partial charge is 0.325 e. The number of nitrogens with one attached hydrogen (secondary N) is 1. The lowest BCUT2D eigenvalue weighted by atomic mass is 9.75. The number of hydrogen-bond acceptors (Lipinski definition) is 7.